The molecule has 0 aromatic rings. The molecule has 17 nitrogen and oxygen atoms in total. The monoisotopic (exact) mass is 630 g/mol. The van der Waals surface area contributed by atoms with Crippen LogP contribution in [0.4, 0.5) is 0 Å². The summed E-state index contributed by atoms with van der Waals surface area (Å²) < 4.78 is 0. The number of primary amides is 1. The van der Waals surface area contributed by atoms with E-state index in [1.165, 1.54) is 0 Å². The molecule has 5 amide bonds. The third-order valence-electron chi connectivity index (χ3n) is 6.98. The molecule has 0 saturated heterocycles. The molecule has 0 spiro atoms. The maximum absolute atomic E-state index is 13.3. The third-order valence-corrected chi connectivity index (χ3v) is 6.98. The van der Waals surface area contributed by atoms with Crippen molar-refractivity contribution < 1.29 is 43.8 Å². The number of aliphatic carboxylic acids is 2. The van der Waals surface area contributed by atoms with Crippen molar-refractivity contribution in [1.82, 2.24) is 21.3 Å². The minimum absolute atomic E-state index is 0.0166. The second kappa shape index (κ2) is 21.8. The number of hydrogen-bond donors (Lipinski definition) is 10. The molecule has 17 heteroatoms. The number of carboxylic acids is 2. The second-order valence-corrected chi connectivity index (χ2v) is 10.7. The van der Waals surface area contributed by atoms with Crippen LogP contribution in [0.5, 0.6) is 0 Å². The van der Waals surface area contributed by atoms with Crippen molar-refractivity contribution in [2.24, 2.45) is 28.9 Å². The van der Waals surface area contributed by atoms with Crippen LogP contribution in [0.2, 0.25) is 0 Å². The highest BCUT2D eigenvalue weighted by atomic mass is 16.4. The number of carbonyl (C=O) groups is 7. The van der Waals surface area contributed by atoms with Gasteiger partial charge >= 0.3 is 11.9 Å². The summed E-state index contributed by atoms with van der Waals surface area (Å²) in [5.41, 5.74) is 22.1. The highest BCUT2D eigenvalue weighted by Gasteiger charge is 2.34. The minimum Gasteiger partial charge on any atom is -0.481 e. The lowest BCUT2D eigenvalue weighted by Crippen LogP contribution is -2.59. The van der Waals surface area contributed by atoms with Crippen molar-refractivity contribution in [1.29, 1.82) is 0 Å². The van der Waals surface area contributed by atoms with Crippen molar-refractivity contribution in [3.63, 3.8) is 0 Å². The van der Waals surface area contributed by atoms with E-state index in [0.29, 0.717) is 51.6 Å². The first-order chi connectivity index (χ1) is 20.7. The van der Waals surface area contributed by atoms with Gasteiger partial charge in [0, 0.05) is 6.42 Å². The summed E-state index contributed by atoms with van der Waals surface area (Å²) in [4.78, 5) is 86.8. The standard InChI is InChI=1S/C27H50N8O9/c1-3-15(2)22(35-23(39)16(30)8-4-6-12-28)26(42)32-17(10-11-20(31)36)24(40)34-19(14-21(37)38)25(41)33-18(27(43)44)9-5-7-13-29/h15-19,22H,3-14,28-30H2,1-2H3,(H2,31,36)(H,32,42)(H,33,41)(H,34,40)(H,35,39)(H,37,38)(H,43,44). The quantitative estimate of drug-likeness (QED) is 0.0490. The molecular weight excluding hydrogens is 580 g/mol. The molecule has 0 rings (SSSR count). The van der Waals surface area contributed by atoms with E-state index in [4.69, 9.17) is 22.9 Å². The van der Waals surface area contributed by atoms with Crippen LogP contribution < -0.4 is 44.2 Å². The Morgan fingerprint density at radius 2 is 1.20 bits per heavy atom. The summed E-state index contributed by atoms with van der Waals surface area (Å²) in [6, 6.07) is -6.59. The van der Waals surface area contributed by atoms with Crippen LogP contribution in [-0.4, -0.2) is 95.0 Å². The lowest BCUT2D eigenvalue weighted by atomic mass is 9.96. The Bertz CT molecular complexity index is 981. The van der Waals surface area contributed by atoms with Gasteiger partial charge in [-0.05, 0) is 57.5 Å². The Kier molecular flexibility index (Phi) is 19.9. The highest BCUT2D eigenvalue weighted by molar-refractivity contribution is 5.96. The normalized spacial score (nSPS) is 15.0. The molecule has 0 aromatic heterocycles. The Labute approximate surface area is 257 Å². The first kappa shape index (κ1) is 40.2. The van der Waals surface area contributed by atoms with Gasteiger partial charge in [-0.3, -0.25) is 28.8 Å². The fourth-order valence-electron chi connectivity index (χ4n) is 4.10. The van der Waals surface area contributed by atoms with Crippen LogP contribution in [0, 0.1) is 5.92 Å². The van der Waals surface area contributed by atoms with Gasteiger partial charge < -0.3 is 54.4 Å². The molecule has 252 valence electrons. The summed E-state index contributed by atoms with van der Waals surface area (Å²) >= 11 is 0. The van der Waals surface area contributed by atoms with Crippen molar-refractivity contribution in [2.45, 2.75) is 108 Å². The van der Waals surface area contributed by atoms with Gasteiger partial charge in [-0.15, -0.1) is 0 Å². The lowest BCUT2D eigenvalue weighted by Gasteiger charge is -2.28. The Morgan fingerprint density at radius 3 is 1.70 bits per heavy atom. The lowest BCUT2D eigenvalue weighted by molar-refractivity contribution is -0.143. The highest BCUT2D eigenvalue weighted by Crippen LogP contribution is 2.11. The molecule has 0 aliphatic carbocycles. The predicted octanol–water partition coefficient (Wildman–Crippen LogP) is -2.62. The molecule has 0 bridgehead atoms. The zero-order chi connectivity index (χ0) is 33.8. The van der Waals surface area contributed by atoms with Gasteiger partial charge in [0.2, 0.25) is 29.5 Å². The van der Waals surface area contributed by atoms with Gasteiger partial charge in [0.25, 0.3) is 0 Å². The number of unbranched alkanes of at least 4 members (excludes halogenated alkanes) is 2. The molecule has 0 heterocycles. The van der Waals surface area contributed by atoms with Crippen molar-refractivity contribution >= 4 is 41.5 Å². The van der Waals surface area contributed by atoms with E-state index in [-0.39, 0.29) is 19.3 Å². The van der Waals surface area contributed by atoms with Crippen LogP contribution in [0.1, 0.15) is 78.1 Å². The van der Waals surface area contributed by atoms with Gasteiger partial charge in [-0.2, -0.15) is 0 Å². The van der Waals surface area contributed by atoms with E-state index in [2.05, 4.69) is 21.3 Å². The van der Waals surface area contributed by atoms with Crippen molar-refractivity contribution in [2.75, 3.05) is 13.1 Å². The number of hydrogen-bond acceptors (Lipinski definition) is 10. The fraction of sp³-hybridized carbons (Fsp3) is 0.741. The number of nitrogens with one attached hydrogen (secondary N) is 4. The van der Waals surface area contributed by atoms with Crippen LogP contribution in [0.25, 0.3) is 0 Å². The zero-order valence-corrected chi connectivity index (χ0v) is 25.5. The van der Waals surface area contributed by atoms with E-state index in [1.807, 2.05) is 0 Å². The van der Waals surface area contributed by atoms with Crippen LogP contribution in [-0.2, 0) is 33.6 Å². The van der Waals surface area contributed by atoms with Gasteiger partial charge in [0.05, 0.1) is 12.5 Å². The largest absolute Gasteiger partial charge is 0.481 e. The van der Waals surface area contributed by atoms with Crippen LogP contribution in [0.15, 0.2) is 0 Å². The van der Waals surface area contributed by atoms with Gasteiger partial charge in [-0.25, -0.2) is 4.79 Å². The SMILES string of the molecule is CCC(C)C(NC(=O)C(N)CCCCN)C(=O)NC(CCC(N)=O)C(=O)NC(CC(=O)O)C(=O)NC(CCCCN)C(=O)O. The molecular formula is C27H50N8O9. The fourth-order valence-corrected chi connectivity index (χ4v) is 4.10. The molecule has 14 N–H and O–H groups in total. The maximum atomic E-state index is 13.3. The Balaban J connectivity index is 5.91. The number of amides is 5. The van der Waals surface area contributed by atoms with Crippen molar-refractivity contribution in [3.8, 4) is 0 Å². The van der Waals surface area contributed by atoms with E-state index < -0.39 is 84.0 Å². The van der Waals surface area contributed by atoms with E-state index in [1.54, 1.807) is 13.8 Å². The predicted molar refractivity (Wildman–Crippen MR) is 159 cm³/mol. The molecule has 0 fully saturated rings. The summed E-state index contributed by atoms with van der Waals surface area (Å²) in [6.45, 7) is 4.22. The Morgan fingerprint density at radius 1 is 0.682 bits per heavy atom. The average molecular weight is 631 g/mol. The summed E-state index contributed by atoms with van der Waals surface area (Å²) in [7, 11) is 0. The van der Waals surface area contributed by atoms with Crippen molar-refractivity contribution in [3.05, 3.63) is 0 Å². The van der Waals surface area contributed by atoms with E-state index in [9.17, 15) is 43.8 Å². The second-order valence-electron chi connectivity index (χ2n) is 10.7. The smallest absolute Gasteiger partial charge is 0.326 e. The number of carbonyl (C=O) groups excluding carboxylic acids is 5. The molecule has 0 radical (unpaired) electrons. The number of rotatable bonds is 24. The van der Waals surface area contributed by atoms with E-state index >= 15 is 0 Å². The number of carboxylic acid groups (broad SMARTS) is 2. The third kappa shape index (κ3) is 16.1. The Hall–Kier alpha value is -3.83. The number of nitrogens with two attached hydrogens (primary N) is 4. The summed E-state index contributed by atoms with van der Waals surface area (Å²) in [5.74, 6) is -7.51. The summed E-state index contributed by atoms with van der Waals surface area (Å²) in [6.07, 6.45) is 1.37. The molecule has 0 aliphatic heterocycles. The van der Waals surface area contributed by atoms with Gasteiger partial charge in [0.1, 0.15) is 24.2 Å². The first-order valence-corrected chi connectivity index (χ1v) is 14.8. The molecule has 0 aromatic carbocycles. The first-order valence-electron chi connectivity index (χ1n) is 14.8. The van der Waals surface area contributed by atoms with Crippen LogP contribution >= 0.6 is 0 Å². The molecule has 0 saturated carbocycles. The van der Waals surface area contributed by atoms with Gasteiger partial charge in [0.15, 0.2) is 0 Å². The van der Waals surface area contributed by atoms with E-state index in [0.717, 1.165) is 0 Å². The molecule has 44 heavy (non-hydrogen) atoms. The van der Waals surface area contributed by atoms with Gasteiger partial charge in [-0.1, -0.05) is 26.7 Å². The molecule has 6 atom stereocenters. The van der Waals surface area contributed by atoms with Crippen LogP contribution in [0.3, 0.4) is 0 Å². The average Bonchev–Trinajstić information content (AvgIpc) is 2.95. The summed E-state index contributed by atoms with van der Waals surface area (Å²) in [5, 5.41) is 28.3. The molecule has 6 unspecified atom stereocenters. The maximum Gasteiger partial charge on any atom is 0.326 e. The topological polar surface area (TPSA) is 312 Å². The minimum atomic E-state index is -1.72. The zero-order valence-electron chi connectivity index (χ0n) is 25.5. The molecule has 0 aliphatic rings.